The van der Waals surface area contributed by atoms with E-state index < -0.39 is 5.91 Å². The molecule has 0 radical (unpaired) electrons. The highest BCUT2D eigenvalue weighted by atomic mass is 16.5. The highest BCUT2D eigenvalue weighted by Crippen LogP contribution is 2.34. The third kappa shape index (κ3) is 2.78. The van der Waals surface area contributed by atoms with Crippen molar-refractivity contribution in [3.05, 3.63) is 52.5 Å². The van der Waals surface area contributed by atoms with Crippen LogP contribution in [0.3, 0.4) is 0 Å². The van der Waals surface area contributed by atoms with Crippen LogP contribution in [0.25, 0.3) is 16.8 Å². The van der Waals surface area contributed by atoms with E-state index in [-0.39, 0.29) is 11.6 Å². The molecule has 1 aromatic carbocycles. The monoisotopic (exact) mass is 338 g/mol. The van der Waals surface area contributed by atoms with Crippen LogP contribution in [0, 0.1) is 20.8 Å². The van der Waals surface area contributed by atoms with Crippen LogP contribution in [0.2, 0.25) is 0 Å². The summed E-state index contributed by atoms with van der Waals surface area (Å²) in [6.07, 6.45) is 0. The van der Waals surface area contributed by atoms with Crippen LogP contribution in [0.5, 0.6) is 0 Å². The minimum atomic E-state index is -0.629. The fourth-order valence-corrected chi connectivity index (χ4v) is 3.23. The predicted molar refractivity (Wildman–Crippen MR) is 96.0 cm³/mol. The van der Waals surface area contributed by atoms with E-state index in [1.54, 1.807) is 16.1 Å². The fourth-order valence-electron chi connectivity index (χ4n) is 3.23. The average molecular weight is 338 g/mol. The molecular weight excluding hydrogens is 316 g/mol. The van der Waals surface area contributed by atoms with Crippen molar-refractivity contribution in [2.75, 3.05) is 0 Å². The smallest absolute Gasteiger partial charge is 0.288 e. The lowest BCUT2D eigenvalue weighted by atomic mass is 9.96. The van der Waals surface area contributed by atoms with Crippen molar-refractivity contribution in [1.29, 1.82) is 0 Å². The van der Waals surface area contributed by atoms with Crippen LogP contribution in [0.15, 0.2) is 24.3 Å². The molecule has 0 bridgehead atoms. The minimum Gasteiger partial charge on any atom is -0.288 e. The third-order valence-electron chi connectivity index (χ3n) is 4.45. The first kappa shape index (κ1) is 17.1. The van der Waals surface area contributed by atoms with Crippen LogP contribution < -0.4 is 5.48 Å². The van der Waals surface area contributed by atoms with Gasteiger partial charge in [0.1, 0.15) is 5.69 Å². The third-order valence-corrected chi connectivity index (χ3v) is 4.45. The second kappa shape index (κ2) is 6.29. The second-order valence-electron chi connectivity index (χ2n) is 6.62. The first-order valence-corrected chi connectivity index (χ1v) is 8.26. The number of hydroxylamine groups is 1. The summed E-state index contributed by atoms with van der Waals surface area (Å²) in [7, 11) is 0. The molecule has 3 rings (SSSR count). The van der Waals surface area contributed by atoms with Gasteiger partial charge in [-0.15, -0.1) is 0 Å². The van der Waals surface area contributed by atoms with E-state index >= 15 is 0 Å². The number of amides is 1. The van der Waals surface area contributed by atoms with Crippen molar-refractivity contribution >= 4 is 11.6 Å². The topological polar surface area (TPSA) is 79.5 Å². The molecule has 0 atom stereocenters. The Balaban J connectivity index is 2.43. The molecule has 25 heavy (non-hydrogen) atoms. The fraction of sp³-hybridized carbons (Fsp3) is 0.316. The van der Waals surface area contributed by atoms with Crippen molar-refractivity contribution in [3.63, 3.8) is 0 Å². The van der Waals surface area contributed by atoms with E-state index in [1.165, 1.54) is 0 Å². The van der Waals surface area contributed by atoms with Crippen LogP contribution in [-0.2, 0) is 0 Å². The van der Waals surface area contributed by atoms with Gasteiger partial charge in [0.2, 0.25) is 0 Å². The molecule has 3 aromatic rings. The van der Waals surface area contributed by atoms with Crippen molar-refractivity contribution in [3.8, 4) is 11.1 Å². The molecule has 0 aliphatic heterocycles. The van der Waals surface area contributed by atoms with Crippen molar-refractivity contribution < 1.29 is 10.0 Å². The van der Waals surface area contributed by atoms with Gasteiger partial charge in [0.05, 0.1) is 11.3 Å². The molecule has 0 spiro atoms. The molecule has 2 N–H and O–H groups in total. The van der Waals surface area contributed by atoms with Gasteiger partial charge in [0.15, 0.2) is 5.65 Å². The number of carbonyl (C=O) groups excluding carboxylic acids is 1. The summed E-state index contributed by atoms with van der Waals surface area (Å²) < 4.78 is 1.80. The zero-order chi connectivity index (χ0) is 18.3. The van der Waals surface area contributed by atoms with Gasteiger partial charge in [-0.3, -0.25) is 10.0 Å². The second-order valence-corrected chi connectivity index (χ2v) is 6.62. The first-order chi connectivity index (χ1) is 11.8. The molecule has 0 fully saturated rings. The first-order valence-electron chi connectivity index (χ1n) is 8.26. The Morgan fingerprint density at radius 1 is 1.16 bits per heavy atom. The number of carbonyl (C=O) groups is 1. The molecule has 1 amide bonds. The molecular formula is C19H22N4O2. The van der Waals surface area contributed by atoms with E-state index in [0.29, 0.717) is 5.65 Å². The van der Waals surface area contributed by atoms with Gasteiger partial charge in [-0.2, -0.15) is 5.10 Å². The lowest BCUT2D eigenvalue weighted by Crippen LogP contribution is -2.21. The summed E-state index contributed by atoms with van der Waals surface area (Å²) in [5.41, 5.74) is 8.45. The maximum atomic E-state index is 12.0. The molecule has 130 valence electrons. The Morgan fingerprint density at radius 2 is 1.80 bits per heavy atom. The van der Waals surface area contributed by atoms with Crippen molar-refractivity contribution in [1.82, 2.24) is 20.1 Å². The van der Waals surface area contributed by atoms with E-state index in [4.69, 9.17) is 5.21 Å². The molecule has 0 aliphatic carbocycles. The summed E-state index contributed by atoms with van der Waals surface area (Å²) in [5.74, 6) is -0.489. The van der Waals surface area contributed by atoms with Gasteiger partial charge in [0.25, 0.3) is 5.91 Å². The molecule has 0 saturated carbocycles. The van der Waals surface area contributed by atoms with Gasteiger partial charge in [-0.05, 0) is 49.4 Å². The van der Waals surface area contributed by atoms with E-state index in [2.05, 4.69) is 36.1 Å². The summed E-state index contributed by atoms with van der Waals surface area (Å²) in [6, 6.07) is 7.80. The number of hydrogen-bond donors (Lipinski definition) is 2. The number of nitrogens with zero attached hydrogens (tertiary/aromatic N) is 3. The number of aryl methyl sites for hydroxylation is 3. The zero-order valence-corrected chi connectivity index (χ0v) is 15.1. The summed E-state index contributed by atoms with van der Waals surface area (Å²) in [5, 5.41) is 13.7. The molecule has 2 aromatic heterocycles. The quantitative estimate of drug-likeness (QED) is 0.565. The number of hydrogen-bond acceptors (Lipinski definition) is 4. The van der Waals surface area contributed by atoms with Crippen LogP contribution in [0.1, 0.15) is 52.8 Å². The SMILES string of the molecule is Cc1cccc(C)c1-c1c(C)nn2c(C(C)C)cc(C(=O)NO)nc12. The molecule has 2 heterocycles. The Bertz CT molecular complexity index is 953. The molecule has 0 saturated heterocycles. The number of benzene rings is 1. The lowest BCUT2D eigenvalue weighted by Gasteiger charge is -2.12. The van der Waals surface area contributed by atoms with Crippen LogP contribution >= 0.6 is 0 Å². The van der Waals surface area contributed by atoms with E-state index in [1.807, 2.05) is 26.8 Å². The summed E-state index contributed by atoms with van der Waals surface area (Å²) in [6.45, 7) is 10.1. The van der Waals surface area contributed by atoms with Gasteiger partial charge < -0.3 is 0 Å². The Hall–Kier alpha value is -2.73. The number of rotatable bonds is 3. The number of fused-ring (bicyclic) bond motifs is 1. The summed E-state index contributed by atoms with van der Waals surface area (Å²) in [4.78, 5) is 16.5. The van der Waals surface area contributed by atoms with E-state index in [0.717, 1.165) is 33.6 Å². The molecule has 0 unspecified atom stereocenters. The van der Waals surface area contributed by atoms with E-state index in [9.17, 15) is 4.79 Å². The van der Waals surface area contributed by atoms with Crippen molar-refractivity contribution in [2.24, 2.45) is 0 Å². The molecule has 0 aliphatic rings. The Morgan fingerprint density at radius 3 is 2.36 bits per heavy atom. The Kier molecular flexibility index (Phi) is 4.30. The number of aromatic nitrogens is 3. The summed E-state index contributed by atoms with van der Waals surface area (Å²) >= 11 is 0. The highest BCUT2D eigenvalue weighted by molar-refractivity contribution is 5.93. The standard InChI is InChI=1S/C19H22N4O2/c1-10(2)15-9-14(19(24)22-25)20-18-17(13(5)21-23(15)18)16-11(3)7-6-8-12(16)4/h6-10,25H,1-5H3,(H,22,24). The Labute approximate surface area is 146 Å². The molecule has 6 heteroatoms. The highest BCUT2D eigenvalue weighted by Gasteiger charge is 2.21. The van der Waals surface area contributed by atoms with Crippen LogP contribution in [-0.4, -0.2) is 25.7 Å². The van der Waals surface area contributed by atoms with Gasteiger partial charge in [-0.1, -0.05) is 32.0 Å². The lowest BCUT2D eigenvalue weighted by molar-refractivity contribution is 0.0700. The maximum Gasteiger partial charge on any atom is 0.293 e. The largest absolute Gasteiger partial charge is 0.293 e. The van der Waals surface area contributed by atoms with Gasteiger partial charge in [0, 0.05) is 5.69 Å². The van der Waals surface area contributed by atoms with Crippen molar-refractivity contribution in [2.45, 2.75) is 40.5 Å². The van der Waals surface area contributed by atoms with Gasteiger partial charge >= 0.3 is 0 Å². The predicted octanol–water partition coefficient (Wildman–Crippen LogP) is 3.56. The maximum absolute atomic E-state index is 12.0. The minimum absolute atomic E-state index is 0.140. The number of nitrogens with one attached hydrogen (secondary N) is 1. The van der Waals surface area contributed by atoms with Crippen LogP contribution in [0.4, 0.5) is 0 Å². The molecule has 6 nitrogen and oxygen atoms in total. The zero-order valence-electron chi connectivity index (χ0n) is 15.1. The average Bonchev–Trinajstić information content (AvgIpc) is 2.89. The normalized spacial score (nSPS) is 11.3. The van der Waals surface area contributed by atoms with Gasteiger partial charge in [-0.25, -0.2) is 15.0 Å².